The van der Waals surface area contributed by atoms with Crippen molar-refractivity contribution in [2.45, 2.75) is 45.6 Å². The van der Waals surface area contributed by atoms with E-state index in [0.717, 1.165) is 24.0 Å². The van der Waals surface area contributed by atoms with Crippen molar-refractivity contribution < 1.29 is 14.3 Å². The first kappa shape index (κ1) is 17.7. The number of hydrogen-bond donors (Lipinski definition) is 3. The Kier molecular flexibility index (Phi) is 6.39. The van der Waals surface area contributed by atoms with Crippen molar-refractivity contribution in [2.75, 3.05) is 13.2 Å². The molecular formula is C18H27FN2O2. The molecule has 0 fully saturated rings. The number of aliphatic hydroxyl groups excluding tert-OH is 1. The van der Waals surface area contributed by atoms with Crippen LogP contribution in [0.2, 0.25) is 0 Å². The van der Waals surface area contributed by atoms with Gasteiger partial charge in [0.25, 0.3) is 0 Å². The molecule has 0 radical (unpaired) electrons. The average Bonchev–Trinajstić information content (AvgIpc) is 2.89. The molecular weight excluding hydrogens is 295 g/mol. The summed E-state index contributed by atoms with van der Waals surface area (Å²) in [7, 11) is 0. The Bertz CT molecular complexity index is 534. The van der Waals surface area contributed by atoms with E-state index < -0.39 is 0 Å². The van der Waals surface area contributed by atoms with Crippen molar-refractivity contribution in [3.63, 3.8) is 0 Å². The number of fused-ring (bicyclic) bond motifs is 1. The summed E-state index contributed by atoms with van der Waals surface area (Å²) in [6.07, 6.45) is 3.05. The lowest BCUT2D eigenvalue weighted by molar-refractivity contribution is 0.222. The number of aliphatic hydroxyl groups is 1. The van der Waals surface area contributed by atoms with Gasteiger partial charge in [0.15, 0.2) is 0 Å². The SMILES string of the molecule is CC(C)CC(CCO)CNC(=O)NC1CCc2c(F)cccc21. The van der Waals surface area contributed by atoms with E-state index in [0.29, 0.717) is 25.3 Å². The van der Waals surface area contributed by atoms with Gasteiger partial charge in [-0.2, -0.15) is 0 Å². The number of carbonyl (C=O) groups is 1. The van der Waals surface area contributed by atoms with Crippen LogP contribution in [0.15, 0.2) is 18.2 Å². The first-order valence-electron chi connectivity index (χ1n) is 8.43. The monoisotopic (exact) mass is 322 g/mol. The van der Waals surface area contributed by atoms with Gasteiger partial charge in [0.1, 0.15) is 5.82 Å². The van der Waals surface area contributed by atoms with Crippen LogP contribution in [-0.2, 0) is 6.42 Å². The minimum absolute atomic E-state index is 0.123. The fourth-order valence-corrected chi connectivity index (χ4v) is 3.36. The molecule has 0 heterocycles. The fourth-order valence-electron chi connectivity index (χ4n) is 3.36. The molecule has 2 atom stereocenters. The van der Waals surface area contributed by atoms with Crippen LogP contribution >= 0.6 is 0 Å². The lowest BCUT2D eigenvalue weighted by atomic mass is 9.94. The van der Waals surface area contributed by atoms with Crippen LogP contribution in [0.3, 0.4) is 0 Å². The summed E-state index contributed by atoms with van der Waals surface area (Å²) in [6, 6.07) is 4.68. The topological polar surface area (TPSA) is 61.4 Å². The summed E-state index contributed by atoms with van der Waals surface area (Å²) in [5, 5.41) is 14.9. The zero-order chi connectivity index (χ0) is 16.8. The van der Waals surface area contributed by atoms with Crippen molar-refractivity contribution in [3.8, 4) is 0 Å². The summed E-state index contributed by atoms with van der Waals surface area (Å²) < 4.78 is 13.7. The predicted molar refractivity (Wildman–Crippen MR) is 88.6 cm³/mol. The molecule has 1 aromatic carbocycles. The van der Waals surface area contributed by atoms with Crippen molar-refractivity contribution in [2.24, 2.45) is 11.8 Å². The second-order valence-electron chi connectivity index (χ2n) is 6.76. The maximum atomic E-state index is 13.7. The van der Waals surface area contributed by atoms with Gasteiger partial charge in [-0.1, -0.05) is 26.0 Å². The highest BCUT2D eigenvalue weighted by Crippen LogP contribution is 2.32. The standard InChI is InChI=1S/C18H27FN2O2/c1-12(2)10-13(8-9-22)11-20-18(23)21-17-7-6-14-15(17)4-3-5-16(14)19/h3-5,12-13,17,22H,6-11H2,1-2H3,(H2,20,21,23). The minimum Gasteiger partial charge on any atom is -0.396 e. The maximum Gasteiger partial charge on any atom is 0.315 e. The van der Waals surface area contributed by atoms with Gasteiger partial charge >= 0.3 is 6.03 Å². The zero-order valence-electron chi connectivity index (χ0n) is 13.9. The molecule has 0 spiro atoms. The van der Waals surface area contributed by atoms with Crippen LogP contribution in [0.5, 0.6) is 0 Å². The summed E-state index contributed by atoms with van der Waals surface area (Å²) in [6.45, 7) is 4.95. The average molecular weight is 322 g/mol. The van der Waals surface area contributed by atoms with E-state index >= 15 is 0 Å². The first-order valence-corrected chi connectivity index (χ1v) is 8.43. The van der Waals surface area contributed by atoms with Crippen LogP contribution < -0.4 is 10.6 Å². The molecule has 0 aliphatic heterocycles. The van der Waals surface area contributed by atoms with Crippen LogP contribution in [0.1, 0.15) is 50.3 Å². The van der Waals surface area contributed by atoms with E-state index in [9.17, 15) is 9.18 Å². The van der Waals surface area contributed by atoms with E-state index in [1.807, 2.05) is 6.07 Å². The van der Waals surface area contributed by atoms with Crippen LogP contribution in [0, 0.1) is 17.7 Å². The number of rotatable bonds is 7. The van der Waals surface area contributed by atoms with Crippen LogP contribution in [0.4, 0.5) is 9.18 Å². The third kappa shape index (κ3) is 4.93. The van der Waals surface area contributed by atoms with E-state index in [1.165, 1.54) is 6.07 Å². The van der Waals surface area contributed by atoms with Gasteiger partial charge in [0.2, 0.25) is 0 Å². The van der Waals surface area contributed by atoms with E-state index in [4.69, 9.17) is 5.11 Å². The minimum atomic E-state index is -0.223. The second kappa shape index (κ2) is 8.29. The highest BCUT2D eigenvalue weighted by molar-refractivity contribution is 5.74. The van der Waals surface area contributed by atoms with Crippen LogP contribution in [0.25, 0.3) is 0 Å². The zero-order valence-corrected chi connectivity index (χ0v) is 13.9. The van der Waals surface area contributed by atoms with Gasteiger partial charge in [0.05, 0.1) is 6.04 Å². The molecule has 5 heteroatoms. The Labute approximate surface area is 137 Å². The molecule has 2 unspecified atom stereocenters. The Morgan fingerprint density at radius 3 is 2.91 bits per heavy atom. The molecule has 3 N–H and O–H groups in total. The first-order chi connectivity index (χ1) is 11.0. The lowest BCUT2D eigenvalue weighted by Crippen LogP contribution is -2.40. The fraction of sp³-hybridized carbons (Fsp3) is 0.611. The molecule has 2 rings (SSSR count). The number of nitrogens with one attached hydrogen (secondary N) is 2. The van der Waals surface area contributed by atoms with Crippen molar-refractivity contribution >= 4 is 6.03 Å². The van der Waals surface area contributed by atoms with Crippen molar-refractivity contribution in [1.29, 1.82) is 0 Å². The number of hydrogen-bond acceptors (Lipinski definition) is 2. The Hall–Kier alpha value is -1.62. The number of amides is 2. The van der Waals surface area contributed by atoms with Gasteiger partial charge in [-0.25, -0.2) is 9.18 Å². The molecule has 1 aliphatic rings. The highest BCUT2D eigenvalue weighted by atomic mass is 19.1. The van der Waals surface area contributed by atoms with Crippen LogP contribution in [-0.4, -0.2) is 24.3 Å². The van der Waals surface area contributed by atoms with E-state index in [1.54, 1.807) is 6.07 Å². The van der Waals surface area contributed by atoms with Crippen molar-refractivity contribution in [1.82, 2.24) is 10.6 Å². The summed E-state index contributed by atoms with van der Waals surface area (Å²) in [5.74, 6) is 0.618. The molecule has 1 aliphatic carbocycles. The highest BCUT2D eigenvalue weighted by Gasteiger charge is 2.26. The number of benzene rings is 1. The lowest BCUT2D eigenvalue weighted by Gasteiger charge is -2.20. The molecule has 23 heavy (non-hydrogen) atoms. The Morgan fingerprint density at radius 2 is 2.22 bits per heavy atom. The summed E-state index contributed by atoms with van der Waals surface area (Å²) in [5.41, 5.74) is 1.60. The molecule has 1 aromatic rings. The third-order valence-corrected chi connectivity index (χ3v) is 4.41. The molecule has 0 aromatic heterocycles. The number of urea groups is 1. The quantitative estimate of drug-likeness (QED) is 0.722. The summed E-state index contributed by atoms with van der Waals surface area (Å²) in [4.78, 5) is 12.1. The molecule has 0 saturated carbocycles. The molecule has 0 bridgehead atoms. The third-order valence-electron chi connectivity index (χ3n) is 4.41. The Balaban J connectivity index is 1.85. The Morgan fingerprint density at radius 1 is 1.43 bits per heavy atom. The van der Waals surface area contributed by atoms with Gasteiger partial charge in [-0.15, -0.1) is 0 Å². The van der Waals surface area contributed by atoms with Gasteiger partial charge in [-0.05, 0) is 54.7 Å². The summed E-state index contributed by atoms with van der Waals surface area (Å²) >= 11 is 0. The van der Waals surface area contributed by atoms with Gasteiger partial charge in [-0.3, -0.25) is 0 Å². The number of carbonyl (C=O) groups excluding carboxylic acids is 1. The molecule has 0 saturated heterocycles. The van der Waals surface area contributed by atoms with Gasteiger partial charge in [0, 0.05) is 13.2 Å². The van der Waals surface area contributed by atoms with E-state index in [2.05, 4.69) is 24.5 Å². The van der Waals surface area contributed by atoms with Crippen molar-refractivity contribution in [3.05, 3.63) is 35.1 Å². The van der Waals surface area contributed by atoms with Gasteiger partial charge < -0.3 is 15.7 Å². The molecule has 2 amide bonds. The van der Waals surface area contributed by atoms with E-state index in [-0.39, 0.29) is 30.4 Å². The predicted octanol–water partition coefficient (Wildman–Crippen LogP) is 3.16. The molecule has 128 valence electrons. The smallest absolute Gasteiger partial charge is 0.315 e. The molecule has 4 nitrogen and oxygen atoms in total. The largest absolute Gasteiger partial charge is 0.396 e. The number of halogens is 1. The maximum absolute atomic E-state index is 13.7. The normalized spacial score (nSPS) is 17.9. The second-order valence-corrected chi connectivity index (χ2v) is 6.76.